The molecule has 3 aromatic carbocycles. The van der Waals surface area contributed by atoms with Crippen molar-refractivity contribution >= 4 is 27.3 Å². The van der Waals surface area contributed by atoms with Crippen molar-refractivity contribution in [2.75, 3.05) is 18.2 Å². The lowest BCUT2D eigenvalue weighted by molar-refractivity contribution is 0.102. The van der Waals surface area contributed by atoms with E-state index in [1.807, 2.05) is 43.3 Å². The molecule has 0 aliphatic rings. The van der Waals surface area contributed by atoms with Crippen molar-refractivity contribution in [3.63, 3.8) is 0 Å². The number of carbonyl (C=O) groups is 1. The van der Waals surface area contributed by atoms with Gasteiger partial charge in [-0.3, -0.25) is 4.79 Å². The zero-order chi connectivity index (χ0) is 21.2. The fraction of sp³-hybridized carbons (Fsp3) is 0.0952. The van der Waals surface area contributed by atoms with Crippen molar-refractivity contribution in [1.82, 2.24) is 0 Å². The molecule has 0 saturated carbocycles. The maximum Gasteiger partial charge on any atom is 0.255 e. The van der Waals surface area contributed by atoms with Gasteiger partial charge in [-0.2, -0.15) is 0 Å². The van der Waals surface area contributed by atoms with E-state index in [4.69, 9.17) is 15.6 Å². The van der Waals surface area contributed by atoms with Gasteiger partial charge in [0.05, 0.1) is 7.11 Å². The van der Waals surface area contributed by atoms with Gasteiger partial charge in [0.1, 0.15) is 10.6 Å². The van der Waals surface area contributed by atoms with Crippen LogP contribution in [0.2, 0.25) is 0 Å². The molecule has 0 saturated heterocycles. The molecule has 0 aliphatic heterocycles. The maximum absolute atomic E-state index is 12.6. The Kier molecular flexibility index (Phi) is 5.58. The van der Waals surface area contributed by atoms with Gasteiger partial charge >= 0.3 is 0 Å². The minimum atomic E-state index is -3.95. The molecule has 3 aromatic rings. The van der Waals surface area contributed by atoms with Gasteiger partial charge in [0, 0.05) is 22.5 Å². The molecular formula is C21H21N3O4S. The third kappa shape index (κ3) is 4.39. The van der Waals surface area contributed by atoms with Gasteiger partial charge in [-0.05, 0) is 54.4 Å². The van der Waals surface area contributed by atoms with Gasteiger partial charge < -0.3 is 15.8 Å². The van der Waals surface area contributed by atoms with E-state index in [1.54, 1.807) is 6.07 Å². The molecule has 0 aliphatic carbocycles. The van der Waals surface area contributed by atoms with Gasteiger partial charge in [0.25, 0.3) is 5.91 Å². The highest BCUT2D eigenvalue weighted by atomic mass is 32.2. The van der Waals surface area contributed by atoms with Gasteiger partial charge in [0.2, 0.25) is 10.0 Å². The van der Waals surface area contributed by atoms with Crippen LogP contribution in [-0.4, -0.2) is 21.4 Å². The summed E-state index contributed by atoms with van der Waals surface area (Å²) in [7, 11) is -2.65. The fourth-order valence-electron chi connectivity index (χ4n) is 3.03. The van der Waals surface area contributed by atoms with E-state index in [2.05, 4.69) is 5.32 Å². The smallest absolute Gasteiger partial charge is 0.255 e. The monoisotopic (exact) mass is 411 g/mol. The quantitative estimate of drug-likeness (QED) is 0.556. The molecule has 0 fully saturated rings. The molecule has 150 valence electrons. The van der Waals surface area contributed by atoms with Crippen molar-refractivity contribution in [1.29, 1.82) is 0 Å². The summed E-state index contributed by atoms with van der Waals surface area (Å²) in [5.41, 5.74) is 10.4. The number of ether oxygens (including phenoxy) is 1. The van der Waals surface area contributed by atoms with E-state index < -0.39 is 15.9 Å². The van der Waals surface area contributed by atoms with Crippen LogP contribution >= 0.6 is 0 Å². The number of anilines is 2. The van der Waals surface area contributed by atoms with Crippen LogP contribution in [0.4, 0.5) is 11.4 Å². The average Bonchev–Trinajstić information content (AvgIpc) is 2.67. The van der Waals surface area contributed by atoms with Crippen molar-refractivity contribution in [3.8, 4) is 16.9 Å². The Labute approximate surface area is 169 Å². The molecule has 7 nitrogen and oxygen atoms in total. The van der Waals surface area contributed by atoms with Gasteiger partial charge in [-0.15, -0.1) is 0 Å². The number of nitrogens with two attached hydrogens (primary N) is 2. The molecule has 0 spiro atoms. The average molecular weight is 411 g/mol. The van der Waals surface area contributed by atoms with Crippen molar-refractivity contribution in [2.45, 2.75) is 11.8 Å². The number of rotatable bonds is 5. The second-order valence-electron chi connectivity index (χ2n) is 6.48. The predicted octanol–water partition coefficient (Wildman–Crippen LogP) is 3.15. The molecule has 0 radical (unpaired) electrons. The molecule has 0 heterocycles. The van der Waals surface area contributed by atoms with Crippen LogP contribution in [-0.2, 0) is 10.0 Å². The van der Waals surface area contributed by atoms with E-state index >= 15 is 0 Å². The highest BCUT2D eigenvalue weighted by Crippen LogP contribution is 2.30. The van der Waals surface area contributed by atoms with Crippen molar-refractivity contribution in [2.24, 2.45) is 5.14 Å². The Balaban J connectivity index is 1.86. The standard InChI is InChI=1S/C21H21N3O4S/c1-13-11-15(8-9-16(13)17-5-3-4-6-18(17)22)24-21(25)14-7-10-20(29(23,26)27)19(12-14)28-2/h3-12H,22H2,1-2H3,(H,24,25)(H2,23,26,27). The molecule has 0 unspecified atom stereocenters. The first-order valence-electron chi connectivity index (χ1n) is 8.68. The molecule has 29 heavy (non-hydrogen) atoms. The Morgan fingerprint density at radius 3 is 2.34 bits per heavy atom. The normalized spacial score (nSPS) is 11.1. The molecular weight excluding hydrogens is 390 g/mol. The molecule has 1 amide bonds. The number of methoxy groups -OCH3 is 1. The lowest BCUT2D eigenvalue weighted by Gasteiger charge is -2.13. The third-order valence-electron chi connectivity index (χ3n) is 4.47. The van der Waals surface area contributed by atoms with Crippen molar-refractivity contribution in [3.05, 3.63) is 71.8 Å². The number of hydrogen-bond donors (Lipinski definition) is 3. The Morgan fingerprint density at radius 1 is 1.00 bits per heavy atom. The van der Waals surface area contributed by atoms with Crippen molar-refractivity contribution < 1.29 is 17.9 Å². The van der Waals surface area contributed by atoms with Gasteiger partial charge in [-0.25, -0.2) is 13.6 Å². The number of amides is 1. The summed E-state index contributed by atoms with van der Waals surface area (Å²) in [6.45, 7) is 1.93. The number of para-hydroxylation sites is 1. The number of aryl methyl sites for hydroxylation is 1. The number of hydrogen-bond acceptors (Lipinski definition) is 5. The second-order valence-corrected chi connectivity index (χ2v) is 8.01. The summed E-state index contributed by atoms with van der Waals surface area (Å²) in [4.78, 5) is 12.4. The summed E-state index contributed by atoms with van der Waals surface area (Å²) in [5.74, 6) is -0.401. The number of benzene rings is 3. The first kappa shape index (κ1) is 20.4. The first-order chi connectivity index (χ1) is 13.7. The Bertz CT molecular complexity index is 1190. The number of nitrogen functional groups attached to an aromatic ring is 1. The predicted molar refractivity (Wildman–Crippen MR) is 113 cm³/mol. The number of carbonyl (C=O) groups excluding carboxylic acids is 1. The topological polar surface area (TPSA) is 125 Å². The van der Waals surface area contributed by atoms with Gasteiger partial charge in [-0.1, -0.05) is 24.3 Å². The van der Waals surface area contributed by atoms with Crippen LogP contribution in [0.25, 0.3) is 11.1 Å². The maximum atomic E-state index is 12.6. The summed E-state index contributed by atoms with van der Waals surface area (Å²) in [6, 6.07) is 17.0. The van der Waals surface area contributed by atoms with E-state index in [1.165, 1.54) is 25.3 Å². The summed E-state index contributed by atoms with van der Waals surface area (Å²) in [6.07, 6.45) is 0. The minimum absolute atomic E-state index is 0.00577. The number of primary sulfonamides is 1. The minimum Gasteiger partial charge on any atom is -0.495 e. The van der Waals surface area contributed by atoms with Crippen LogP contribution in [0.3, 0.4) is 0 Å². The van der Waals surface area contributed by atoms with Crippen LogP contribution in [0.15, 0.2) is 65.6 Å². The summed E-state index contributed by atoms with van der Waals surface area (Å²) in [5, 5.41) is 7.95. The summed E-state index contributed by atoms with van der Waals surface area (Å²) >= 11 is 0. The van der Waals surface area contributed by atoms with E-state index in [-0.39, 0.29) is 16.2 Å². The van der Waals surface area contributed by atoms with E-state index in [0.29, 0.717) is 11.4 Å². The van der Waals surface area contributed by atoms with Gasteiger partial charge in [0.15, 0.2) is 0 Å². The second kappa shape index (κ2) is 7.94. The molecule has 0 bridgehead atoms. The van der Waals surface area contributed by atoms with Crippen LogP contribution in [0.5, 0.6) is 5.75 Å². The lowest BCUT2D eigenvalue weighted by atomic mass is 9.98. The molecule has 0 aromatic heterocycles. The SMILES string of the molecule is COc1cc(C(=O)Nc2ccc(-c3ccccc3N)c(C)c2)ccc1S(N)(=O)=O. The van der Waals surface area contributed by atoms with E-state index in [0.717, 1.165) is 16.7 Å². The lowest BCUT2D eigenvalue weighted by Crippen LogP contribution is -2.16. The largest absolute Gasteiger partial charge is 0.495 e. The first-order valence-corrected chi connectivity index (χ1v) is 10.2. The Hall–Kier alpha value is -3.36. The molecule has 5 N–H and O–H groups in total. The highest BCUT2D eigenvalue weighted by molar-refractivity contribution is 7.89. The number of nitrogens with one attached hydrogen (secondary N) is 1. The van der Waals surface area contributed by atoms with Crippen LogP contribution in [0, 0.1) is 6.92 Å². The zero-order valence-electron chi connectivity index (χ0n) is 16.0. The number of sulfonamides is 1. The molecule has 8 heteroatoms. The third-order valence-corrected chi connectivity index (χ3v) is 5.42. The van der Waals surface area contributed by atoms with E-state index in [9.17, 15) is 13.2 Å². The Morgan fingerprint density at radius 2 is 1.72 bits per heavy atom. The molecule has 0 atom stereocenters. The van der Waals surface area contributed by atoms with Crippen LogP contribution in [0.1, 0.15) is 15.9 Å². The molecule has 3 rings (SSSR count). The van der Waals surface area contributed by atoms with Crippen LogP contribution < -0.4 is 20.9 Å². The zero-order valence-corrected chi connectivity index (χ0v) is 16.8. The summed E-state index contributed by atoms with van der Waals surface area (Å²) < 4.78 is 28.2. The fourth-order valence-corrected chi connectivity index (χ4v) is 3.71. The highest BCUT2D eigenvalue weighted by Gasteiger charge is 2.18.